The van der Waals surface area contributed by atoms with Gasteiger partial charge in [0.05, 0.1) is 6.10 Å². The molecule has 3 N–H and O–H groups in total. The number of nitrogens with one attached hydrogen (secondary N) is 3. The van der Waals surface area contributed by atoms with E-state index in [1.807, 2.05) is 20.8 Å². The van der Waals surface area contributed by atoms with E-state index in [2.05, 4.69) is 15.4 Å². The molecule has 144 valence electrons. The summed E-state index contributed by atoms with van der Waals surface area (Å²) >= 11 is 0. The normalized spacial score (nSPS) is 10.9. The van der Waals surface area contributed by atoms with E-state index in [1.165, 1.54) is 0 Å². The van der Waals surface area contributed by atoms with Crippen molar-refractivity contribution in [2.75, 3.05) is 30.1 Å². The second-order valence-electron chi connectivity index (χ2n) is 5.65. The third-order valence-corrected chi connectivity index (χ3v) is 4.06. The number of anilines is 1. The summed E-state index contributed by atoms with van der Waals surface area (Å²) in [5, 5.41) is 5.69. The Labute approximate surface area is 156 Å². The molecule has 0 aliphatic heterocycles. The van der Waals surface area contributed by atoms with Crippen LogP contribution in [0.4, 0.5) is 5.69 Å². The van der Waals surface area contributed by atoms with E-state index in [9.17, 15) is 13.2 Å². The monoisotopic (exact) mass is 393 g/mol. The van der Waals surface area contributed by atoms with E-state index >= 15 is 0 Å². The summed E-state index contributed by atoms with van der Waals surface area (Å²) in [4.78, 5) is 11.7. The van der Waals surface area contributed by atoms with Crippen LogP contribution >= 0.6 is 12.4 Å². The van der Waals surface area contributed by atoms with Gasteiger partial charge in [0.1, 0.15) is 11.5 Å². The molecular formula is C16H28ClN3O4S. The lowest BCUT2D eigenvalue weighted by Crippen LogP contribution is -2.37. The molecule has 0 spiro atoms. The number of rotatable bonds is 11. The minimum Gasteiger partial charge on any atom is -0.491 e. The molecule has 9 heteroatoms. The predicted molar refractivity (Wildman–Crippen MR) is 103 cm³/mol. The number of ether oxygens (including phenoxy) is 1. The lowest BCUT2D eigenvalue weighted by molar-refractivity contribution is -0.118. The van der Waals surface area contributed by atoms with Crippen LogP contribution in [-0.4, -0.2) is 45.8 Å². The molecule has 0 atom stereocenters. The lowest BCUT2D eigenvalue weighted by Gasteiger charge is -2.11. The molecule has 0 saturated heterocycles. The quantitative estimate of drug-likeness (QED) is 0.498. The molecule has 0 heterocycles. The van der Waals surface area contributed by atoms with Gasteiger partial charge in [-0.25, -0.2) is 8.42 Å². The number of amides is 1. The van der Waals surface area contributed by atoms with Gasteiger partial charge in [0.25, 0.3) is 0 Å². The highest BCUT2D eigenvalue weighted by Gasteiger charge is 2.16. The summed E-state index contributed by atoms with van der Waals surface area (Å²) < 4.78 is 31.8. The summed E-state index contributed by atoms with van der Waals surface area (Å²) in [5.41, 5.74) is 0.392. The van der Waals surface area contributed by atoms with Crippen LogP contribution in [0, 0.1) is 0 Å². The van der Waals surface area contributed by atoms with Gasteiger partial charge in [-0.15, -0.1) is 12.4 Å². The molecule has 0 fully saturated rings. The van der Waals surface area contributed by atoms with E-state index in [0.717, 1.165) is 13.0 Å². The van der Waals surface area contributed by atoms with Crippen molar-refractivity contribution in [1.29, 1.82) is 0 Å². The molecule has 1 rings (SSSR count). The lowest BCUT2D eigenvalue weighted by atomic mass is 10.3. The number of hydrogen-bond acceptors (Lipinski definition) is 5. The van der Waals surface area contributed by atoms with Crippen molar-refractivity contribution >= 4 is 34.0 Å². The third kappa shape index (κ3) is 10.9. The van der Waals surface area contributed by atoms with Crippen LogP contribution in [0.15, 0.2) is 24.3 Å². The molecule has 0 aliphatic rings. The van der Waals surface area contributed by atoms with Crippen LogP contribution < -0.4 is 20.1 Å². The Morgan fingerprint density at radius 1 is 1.12 bits per heavy atom. The van der Waals surface area contributed by atoms with Crippen molar-refractivity contribution in [3.05, 3.63) is 24.3 Å². The van der Waals surface area contributed by atoms with Crippen molar-refractivity contribution in [2.24, 2.45) is 0 Å². The summed E-state index contributed by atoms with van der Waals surface area (Å²) in [7, 11) is -3.74. The molecular weight excluding hydrogens is 366 g/mol. The zero-order valence-electron chi connectivity index (χ0n) is 14.9. The Kier molecular flexibility index (Phi) is 11.2. The molecule has 0 saturated carbocycles. The molecule has 0 unspecified atom stereocenters. The van der Waals surface area contributed by atoms with Gasteiger partial charge in [-0.2, -0.15) is 0 Å². The number of sulfonamides is 1. The van der Waals surface area contributed by atoms with Crippen molar-refractivity contribution in [3.8, 4) is 5.75 Å². The molecule has 0 radical (unpaired) electrons. The van der Waals surface area contributed by atoms with Gasteiger partial charge in [0.2, 0.25) is 15.9 Å². The maximum absolute atomic E-state index is 12.0. The van der Waals surface area contributed by atoms with Crippen LogP contribution in [0.3, 0.4) is 0 Å². The largest absolute Gasteiger partial charge is 0.491 e. The maximum Gasteiger partial charge on any atom is 0.241 e. The zero-order chi connectivity index (χ0) is 18.0. The second kappa shape index (κ2) is 11.9. The Hall–Kier alpha value is -1.51. The molecule has 25 heavy (non-hydrogen) atoms. The molecule has 0 bridgehead atoms. The van der Waals surface area contributed by atoms with Crippen LogP contribution in [0.1, 0.15) is 27.2 Å². The first kappa shape index (κ1) is 23.5. The fourth-order valence-electron chi connectivity index (χ4n) is 1.91. The summed E-state index contributed by atoms with van der Waals surface area (Å²) in [6.45, 7) is 7.75. The topological polar surface area (TPSA) is 96.5 Å². The van der Waals surface area contributed by atoms with E-state index in [-0.39, 0.29) is 18.5 Å². The van der Waals surface area contributed by atoms with Gasteiger partial charge < -0.3 is 15.4 Å². The van der Waals surface area contributed by atoms with E-state index in [1.54, 1.807) is 24.3 Å². The van der Waals surface area contributed by atoms with Gasteiger partial charge in [0.15, 0.2) is 0 Å². The Morgan fingerprint density at radius 2 is 1.76 bits per heavy atom. The van der Waals surface area contributed by atoms with Crippen molar-refractivity contribution < 1.29 is 17.9 Å². The van der Waals surface area contributed by atoms with Crippen molar-refractivity contribution in [2.45, 2.75) is 33.3 Å². The average Bonchev–Trinajstić information content (AvgIpc) is 2.47. The zero-order valence-corrected chi connectivity index (χ0v) is 16.5. The molecule has 1 amide bonds. The smallest absolute Gasteiger partial charge is 0.241 e. The molecule has 7 nitrogen and oxygen atoms in total. The Bertz CT molecular complexity index is 606. The second-order valence-corrected chi connectivity index (χ2v) is 7.37. The van der Waals surface area contributed by atoms with Gasteiger partial charge in [0, 0.05) is 18.8 Å². The summed E-state index contributed by atoms with van der Waals surface area (Å²) in [6.07, 6.45) is 1.05. The van der Waals surface area contributed by atoms with Crippen molar-refractivity contribution in [1.82, 2.24) is 10.6 Å². The highest BCUT2D eigenvalue weighted by atomic mass is 35.5. The predicted octanol–water partition coefficient (Wildman–Crippen LogP) is 1.75. The summed E-state index contributed by atoms with van der Waals surface area (Å²) in [5.74, 6) is -0.476. The van der Waals surface area contributed by atoms with Gasteiger partial charge >= 0.3 is 0 Å². The number of halogens is 1. The number of carbonyl (C=O) groups is 1. The number of hydrogen-bond donors (Lipinski definition) is 3. The molecule has 0 aliphatic carbocycles. The first-order chi connectivity index (χ1) is 11.3. The Morgan fingerprint density at radius 3 is 2.32 bits per heavy atom. The number of benzene rings is 1. The molecule has 1 aromatic carbocycles. The fraction of sp³-hybridized carbons (Fsp3) is 0.562. The van der Waals surface area contributed by atoms with E-state index < -0.39 is 21.7 Å². The fourth-order valence-corrected chi connectivity index (χ4v) is 2.92. The van der Waals surface area contributed by atoms with Crippen LogP contribution in [0.5, 0.6) is 5.75 Å². The molecule has 0 aromatic heterocycles. The highest BCUT2D eigenvalue weighted by Crippen LogP contribution is 2.17. The van der Waals surface area contributed by atoms with E-state index in [4.69, 9.17) is 4.74 Å². The van der Waals surface area contributed by atoms with Gasteiger partial charge in [-0.3, -0.25) is 9.52 Å². The van der Waals surface area contributed by atoms with Crippen LogP contribution in [-0.2, 0) is 14.8 Å². The van der Waals surface area contributed by atoms with Crippen LogP contribution in [0.2, 0.25) is 0 Å². The summed E-state index contributed by atoms with van der Waals surface area (Å²) in [6, 6.07) is 6.55. The number of carbonyl (C=O) groups excluding carboxylic acids is 1. The van der Waals surface area contributed by atoms with E-state index in [0.29, 0.717) is 24.5 Å². The minimum absolute atomic E-state index is 0. The minimum atomic E-state index is -3.74. The average molecular weight is 394 g/mol. The third-order valence-electron chi connectivity index (χ3n) is 2.87. The first-order valence-electron chi connectivity index (χ1n) is 8.07. The Balaban J connectivity index is 0.00000576. The van der Waals surface area contributed by atoms with Gasteiger partial charge in [-0.05, 0) is 51.1 Å². The first-order valence-corrected chi connectivity index (χ1v) is 9.72. The molecule has 1 aromatic rings. The van der Waals surface area contributed by atoms with Crippen LogP contribution in [0.25, 0.3) is 0 Å². The maximum atomic E-state index is 12.0. The standard InChI is InChI=1S/C16H27N3O4S.ClH/c1-4-9-17-10-11-18-16(20)12-24(21,22)19-14-5-7-15(8-6-14)23-13(2)3;/h5-8,13,17,19H,4,9-12H2,1-3H3,(H,18,20);1H. The van der Waals surface area contributed by atoms with Gasteiger partial charge in [-0.1, -0.05) is 6.92 Å². The highest BCUT2D eigenvalue weighted by molar-refractivity contribution is 7.93. The SMILES string of the molecule is CCCNCCNC(=O)CS(=O)(=O)Nc1ccc(OC(C)C)cc1.Cl. The van der Waals surface area contributed by atoms with Crippen molar-refractivity contribution in [3.63, 3.8) is 0 Å².